The van der Waals surface area contributed by atoms with E-state index >= 15 is 0 Å². The van der Waals surface area contributed by atoms with Crippen molar-refractivity contribution in [3.05, 3.63) is 65.2 Å². The van der Waals surface area contributed by atoms with Crippen LogP contribution in [0.3, 0.4) is 0 Å². The van der Waals surface area contributed by atoms with Crippen LogP contribution in [0.2, 0.25) is 0 Å². The lowest BCUT2D eigenvalue weighted by Gasteiger charge is -2.34. The predicted molar refractivity (Wildman–Crippen MR) is 123 cm³/mol. The summed E-state index contributed by atoms with van der Waals surface area (Å²) in [7, 11) is -3.81. The zero-order valence-corrected chi connectivity index (χ0v) is 19.8. The fourth-order valence-electron chi connectivity index (χ4n) is 3.98. The van der Waals surface area contributed by atoms with Crippen molar-refractivity contribution in [3.63, 3.8) is 0 Å². The van der Waals surface area contributed by atoms with Crippen molar-refractivity contribution in [1.82, 2.24) is 14.9 Å². The highest BCUT2D eigenvalue weighted by Gasteiger charge is 2.33. The minimum Gasteiger partial charge on any atom is -0.348 e. The Kier molecular flexibility index (Phi) is 8.73. The monoisotopic (exact) mass is 493 g/mol. The van der Waals surface area contributed by atoms with Crippen molar-refractivity contribution in [2.24, 2.45) is 0 Å². The van der Waals surface area contributed by atoms with Gasteiger partial charge in [-0.2, -0.15) is 4.31 Å². The number of sulfonamides is 1. The molecule has 0 spiro atoms. The summed E-state index contributed by atoms with van der Waals surface area (Å²) in [5, 5.41) is 5.06. The van der Waals surface area contributed by atoms with E-state index in [9.17, 15) is 26.8 Å². The summed E-state index contributed by atoms with van der Waals surface area (Å²) < 4.78 is 54.2. The number of hydrogen-bond donors (Lipinski definition) is 2. The van der Waals surface area contributed by atoms with Crippen molar-refractivity contribution in [3.8, 4) is 0 Å². The van der Waals surface area contributed by atoms with Crippen LogP contribution in [0.1, 0.15) is 36.8 Å². The molecule has 1 aliphatic heterocycles. The van der Waals surface area contributed by atoms with Gasteiger partial charge >= 0.3 is 11.8 Å². The standard InChI is InChI=1S/C24H29F2N3O4S/c1-17-16-21(9-10-22(17)26)34(32,33)29-15-3-2-4-20(29)12-14-28-24(31)23(30)27-13-11-18-5-7-19(25)8-6-18/h5-10,16,20H,2-4,11-15H2,1H3,(H,27,30)(H,28,31). The molecule has 1 saturated heterocycles. The van der Waals surface area contributed by atoms with Gasteiger partial charge in [-0.1, -0.05) is 18.6 Å². The summed E-state index contributed by atoms with van der Waals surface area (Å²) in [5.41, 5.74) is 1.09. The van der Waals surface area contributed by atoms with Gasteiger partial charge in [-0.15, -0.1) is 0 Å². The molecule has 0 saturated carbocycles. The van der Waals surface area contributed by atoms with Crippen LogP contribution in [-0.4, -0.2) is 50.2 Å². The van der Waals surface area contributed by atoms with Crippen LogP contribution in [0.5, 0.6) is 0 Å². The Labute approximate surface area is 198 Å². The molecule has 1 heterocycles. The molecule has 2 N–H and O–H groups in total. The van der Waals surface area contributed by atoms with E-state index in [4.69, 9.17) is 0 Å². The quantitative estimate of drug-likeness (QED) is 0.553. The van der Waals surface area contributed by atoms with Gasteiger partial charge in [0.1, 0.15) is 11.6 Å². The zero-order chi connectivity index (χ0) is 24.7. The topological polar surface area (TPSA) is 95.6 Å². The molecule has 2 amide bonds. The number of halogens is 2. The lowest BCUT2D eigenvalue weighted by molar-refractivity contribution is -0.139. The van der Waals surface area contributed by atoms with E-state index in [1.54, 1.807) is 12.1 Å². The van der Waals surface area contributed by atoms with Crippen LogP contribution in [-0.2, 0) is 26.0 Å². The summed E-state index contributed by atoms with van der Waals surface area (Å²) in [4.78, 5) is 24.2. The van der Waals surface area contributed by atoms with Crippen molar-refractivity contribution < 1.29 is 26.8 Å². The summed E-state index contributed by atoms with van der Waals surface area (Å²) >= 11 is 0. The van der Waals surface area contributed by atoms with Gasteiger partial charge in [0.2, 0.25) is 10.0 Å². The third kappa shape index (κ3) is 6.60. The van der Waals surface area contributed by atoms with Gasteiger partial charge in [-0.05, 0) is 74.1 Å². The molecule has 1 atom stereocenters. The first-order valence-corrected chi connectivity index (χ1v) is 12.7. The van der Waals surface area contributed by atoms with E-state index in [0.29, 0.717) is 25.8 Å². The fourth-order valence-corrected chi connectivity index (χ4v) is 5.79. The summed E-state index contributed by atoms with van der Waals surface area (Å²) in [6, 6.07) is 9.29. The third-order valence-corrected chi connectivity index (χ3v) is 7.84. The summed E-state index contributed by atoms with van der Waals surface area (Å²) in [6.45, 7) is 2.23. The molecule has 184 valence electrons. The van der Waals surface area contributed by atoms with E-state index in [1.807, 2.05) is 0 Å². The second kappa shape index (κ2) is 11.5. The highest BCUT2D eigenvalue weighted by molar-refractivity contribution is 7.89. The van der Waals surface area contributed by atoms with Gasteiger partial charge in [0.25, 0.3) is 0 Å². The van der Waals surface area contributed by atoms with Crippen molar-refractivity contribution in [2.45, 2.75) is 50.0 Å². The number of carbonyl (C=O) groups excluding carboxylic acids is 2. The van der Waals surface area contributed by atoms with Crippen LogP contribution in [0, 0.1) is 18.6 Å². The highest BCUT2D eigenvalue weighted by Crippen LogP contribution is 2.27. The number of aryl methyl sites for hydroxylation is 1. The molecule has 1 aliphatic rings. The SMILES string of the molecule is Cc1cc(S(=O)(=O)N2CCCCC2CCNC(=O)C(=O)NCCc2ccc(F)cc2)ccc1F. The van der Waals surface area contributed by atoms with Gasteiger partial charge in [0, 0.05) is 25.7 Å². The fraction of sp³-hybridized carbons (Fsp3) is 0.417. The maximum absolute atomic E-state index is 13.6. The summed E-state index contributed by atoms with van der Waals surface area (Å²) in [5.74, 6) is -2.38. The van der Waals surface area contributed by atoms with Gasteiger partial charge in [0.15, 0.2) is 0 Å². The molecule has 0 aliphatic carbocycles. The normalized spacial score (nSPS) is 16.7. The molecular formula is C24H29F2N3O4S. The summed E-state index contributed by atoms with van der Waals surface area (Å²) in [6.07, 6.45) is 3.03. The van der Waals surface area contributed by atoms with Crippen LogP contribution in [0.4, 0.5) is 8.78 Å². The number of piperidine rings is 1. The first-order chi connectivity index (χ1) is 16.2. The van der Waals surface area contributed by atoms with Crippen molar-refractivity contribution in [1.29, 1.82) is 0 Å². The molecule has 0 bridgehead atoms. The van der Waals surface area contributed by atoms with Crippen LogP contribution in [0.15, 0.2) is 47.4 Å². The maximum atomic E-state index is 13.6. The van der Waals surface area contributed by atoms with Crippen LogP contribution >= 0.6 is 0 Å². The lowest BCUT2D eigenvalue weighted by Crippen LogP contribution is -2.46. The van der Waals surface area contributed by atoms with E-state index in [2.05, 4.69) is 10.6 Å². The average molecular weight is 494 g/mol. The molecule has 1 fully saturated rings. The van der Waals surface area contributed by atoms with Crippen molar-refractivity contribution >= 4 is 21.8 Å². The maximum Gasteiger partial charge on any atom is 0.309 e. The predicted octanol–water partition coefficient (Wildman–Crippen LogP) is 2.68. The van der Waals surface area contributed by atoms with E-state index < -0.39 is 27.7 Å². The molecular weight excluding hydrogens is 464 g/mol. The van der Waals surface area contributed by atoms with Crippen LogP contribution < -0.4 is 10.6 Å². The van der Waals surface area contributed by atoms with Gasteiger partial charge in [-0.3, -0.25) is 9.59 Å². The smallest absolute Gasteiger partial charge is 0.309 e. The zero-order valence-electron chi connectivity index (χ0n) is 19.0. The molecule has 2 aromatic rings. The Morgan fingerprint density at radius 1 is 1.00 bits per heavy atom. The molecule has 10 heteroatoms. The Bertz CT molecular complexity index is 1120. The average Bonchev–Trinajstić information content (AvgIpc) is 2.82. The van der Waals surface area contributed by atoms with E-state index in [-0.39, 0.29) is 35.4 Å². The third-order valence-electron chi connectivity index (χ3n) is 5.89. The largest absolute Gasteiger partial charge is 0.348 e. The second-order valence-corrected chi connectivity index (χ2v) is 10.2. The molecule has 0 radical (unpaired) electrons. The number of amides is 2. The number of hydrogen-bond acceptors (Lipinski definition) is 4. The molecule has 1 unspecified atom stereocenters. The number of nitrogens with one attached hydrogen (secondary N) is 2. The number of rotatable bonds is 8. The first-order valence-electron chi connectivity index (χ1n) is 11.3. The second-order valence-electron chi connectivity index (χ2n) is 8.35. The number of benzene rings is 2. The van der Waals surface area contributed by atoms with E-state index in [1.165, 1.54) is 35.5 Å². The minimum atomic E-state index is -3.81. The Balaban J connectivity index is 1.49. The highest BCUT2D eigenvalue weighted by atomic mass is 32.2. The van der Waals surface area contributed by atoms with Gasteiger partial charge < -0.3 is 10.6 Å². The Hall–Kier alpha value is -2.85. The lowest BCUT2D eigenvalue weighted by atomic mass is 10.0. The first kappa shape index (κ1) is 25.8. The molecule has 3 rings (SSSR count). The molecule has 0 aromatic heterocycles. The number of nitrogens with zero attached hydrogens (tertiary/aromatic N) is 1. The van der Waals surface area contributed by atoms with Gasteiger partial charge in [0.05, 0.1) is 4.90 Å². The Morgan fingerprint density at radius 2 is 1.68 bits per heavy atom. The van der Waals surface area contributed by atoms with Gasteiger partial charge in [-0.25, -0.2) is 17.2 Å². The minimum absolute atomic E-state index is 0.0443. The molecule has 7 nitrogen and oxygen atoms in total. The molecule has 2 aromatic carbocycles. The van der Waals surface area contributed by atoms with E-state index in [0.717, 1.165) is 24.5 Å². The van der Waals surface area contributed by atoms with Crippen LogP contribution in [0.25, 0.3) is 0 Å². The molecule has 34 heavy (non-hydrogen) atoms. The number of carbonyl (C=O) groups is 2. The Morgan fingerprint density at radius 3 is 2.35 bits per heavy atom. The van der Waals surface area contributed by atoms with Crippen molar-refractivity contribution in [2.75, 3.05) is 19.6 Å².